The van der Waals surface area contributed by atoms with Crippen LogP contribution in [0.4, 0.5) is 4.39 Å². The van der Waals surface area contributed by atoms with Crippen LogP contribution < -0.4 is 0 Å². The van der Waals surface area contributed by atoms with Crippen molar-refractivity contribution in [1.82, 2.24) is 10.1 Å². The van der Waals surface area contributed by atoms with E-state index in [1.807, 2.05) is 6.92 Å². The summed E-state index contributed by atoms with van der Waals surface area (Å²) in [5, 5.41) is 13.5. The lowest BCUT2D eigenvalue weighted by Crippen LogP contribution is -1.98. The SMILES string of the molecule is CCCC(O)c1noc(-c2ccc(F)cc2C)n1. The fourth-order valence-corrected chi connectivity index (χ4v) is 1.75. The van der Waals surface area contributed by atoms with E-state index in [9.17, 15) is 9.50 Å². The van der Waals surface area contributed by atoms with Crippen LogP contribution >= 0.6 is 0 Å². The summed E-state index contributed by atoms with van der Waals surface area (Å²) in [6.07, 6.45) is 0.704. The first-order chi connectivity index (χ1) is 8.61. The largest absolute Gasteiger partial charge is 0.385 e. The molecule has 0 fully saturated rings. The fourth-order valence-electron chi connectivity index (χ4n) is 1.75. The van der Waals surface area contributed by atoms with Gasteiger partial charge in [-0.3, -0.25) is 0 Å². The molecule has 0 aliphatic carbocycles. The molecule has 5 heteroatoms. The predicted octanol–water partition coefficient (Wildman–Crippen LogP) is 3.02. The fraction of sp³-hybridized carbons (Fsp3) is 0.385. The summed E-state index contributed by atoms with van der Waals surface area (Å²) in [4.78, 5) is 4.14. The Hall–Kier alpha value is -1.75. The van der Waals surface area contributed by atoms with Crippen molar-refractivity contribution in [2.45, 2.75) is 32.8 Å². The van der Waals surface area contributed by atoms with Crippen LogP contribution in [0.1, 0.15) is 37.3 Å². The maximum atomic E-state index is 13.0. The molecule has 2 rings (SSSR count). The predicted molar refractivity (Wildman–Crippen MR) is 64.3 cm³/mol. The molecule has 0 aliphatic heterocycles. The van der Waals surface area contributed by atoms with Gasteiger partial charge in [0.25, 0.3) is 5.89 Å². The molecule has 0 bridgehead atoms. The van der Waals surface area contributed by atoms with Crippen molar-refractivity contribution >= 4 is 0 Å². The number of benzene rings is 1. The number of halogens is 1. The molecule has 0 aliphatic rings. The molecular weight excluding hydrogens is 235 g/mol. The highest BCUT2D eigenvalue weighted by Crippen LogP contribution is 2.24. The molecule has 4 nitrogen and oxygen atoms in total. The Bertz CT molecular complexity index is 540. The molecule has 0 amide bonds. The Kier molecular flexibility index (Phi) is 3.72. The van der Waals surface area contributed by atoms with Gasteiger partial charge in [0, 0.05) is 5.56 Å². The topological polar surface area (TPSA) is 59.2 Å². The summed E-state index contributed by atoms with van der Waals surface area (Å²) in [7, 11) is 0. The molecular formula is C13H15FN2O2. The minimum absolute atomic E-state index is 0.274. The molecule has 1 heterocycles. The van der Waals surface area contributed by atoms with E-state index in [1.54, 1.807) is 13.0 Å². The lowest BCUT2D eigenvalue weighted by molar-refractivity contribution is 0.153. The van der Waals surface area contributed by atoms with Gasteiger partial charge < -0.3 is 9.63 Å². The second-order valence-corrected chi connectivity index (χ2v) is 4.22. The Balaban J connectivity index is 2.29. The summed E-state index contributed by atoms with van der Waals surface area (Å²) in [5.74, 6) is 0.273. The highest BCUT2D eigenvalue weighted by Gasteiger charge is 2.16. The molecule has 1 aromatic carbocycles. The van der Waals surface area contributed by atoms with Gasteiger partial charge >= 0.3 is 0 Å². The molecule has 1 N–H and O–H groups in total. The van der Waals surface area contributed by atoms with Gasteiger partial charge in [0.2, 0.25) is 5.82 Å². The lowest BCUT2D eigenvalue weighted by Gasteiger charge is -2.02. The van der Waals surface area contributed by atoms with Crippen molar-refractivity contribution in [3.8, 4) is 11.5 Å². The van der Waals surface area contributed by atoms with E-state index in [0.29, 0.717) is 17.9 Å². The van der Waals surface area contributed by atoms with Crippen molar-refractivity contribution < 1.29 is 14.0 Å². The number of aryl methyl sites for hydroxylation is 1. The molecule has 0 spiro atoms. The van der Waals surface area contributed by atoms with E-state index >= 15 is 0 Å². The zero-order valence-corrected chi connectivity index (χ0v) is 10.4. The first kappa shape index (κ1) is 12.7. The smallest absolute Gasteiger partial charge is 0.258 e. The third-order valence-electron chi connectivity index (χ3n) is 2.72. The van der Waals surface area contributed by atoms with Gasteiger partial charge in [0.1, 0.15) is 11.9 Å². The maximum absolute atomic E-state index is 13.0. The third-order valence-corrected chi connectivity index (χ3v) is 2.72. The third kappa shape index (κ3) is 2.56. The Morgan fingerprint density at radius 3 is 2.89 bits per heavy atom. The molecule has 2 aromatic rings. The van der Waals surface area contributed by atoms with E-state index in [4.69, 9.17) is 4.52 Å². The number of aliphatic hydroxyl groups is 1. The second kappa shape index (κ2) is 5.27. The minimum Gasteiger partial charge on any atom is -0.385 e. The normalized spacial score (nSPS) is 12.7. The number of aromatic nitrogens is 2. The van der Waals surface area contributed by atoms with Crippen molar-refractivity contribution in [3.05, 3.63) is 35.4 Å². The molecule has 1 aromatic heterocycles. The first-order valence-corrected chi connectivity index (χ1v) is 5.90. The Morgan fingerprint density at radius 2 is 2.22 bits per heavy atom. The standard InChI is InChI=1S/C13H15FN2O2/c1-3-4-11(17)12-15-13(18-16-12)10-6-5-9(14)7-8(10)2/h5-7,11,17H,3-4H2,1-2H3. The number of aliphatic hydroxyl groups excluding tert-OH is 1. The van der Waals surface area contributed by atoms with Gasteiger partial charge in [-0.1, -0.05) is 18.5 Å². The van der Waals surface area contributed by atoms with Crippen LogP contribution in [0.25, 0.3) is 11.5 Å². The van der Waals surface area contributed by atoms with Gasteiger partial charge in [-0.2, -0.15) is 4.98 Å². The summed E-state index contributed by atoms with van der Waals surface area (Å²) in [6, 6.07) is 4.34. The van der Waals surface area contributed by atoms with E-state index in [1.165, 1.54) is 12.1 Å². The maximum Gasteiger partial charge on any atom is 0.258 e. The van der Waals surface area contributed by atoms with Crippen LogP contribution in [0.15, 0.2) is 22.7 Å². The zero-order valence-electron chi connectivity index (χ0n) is 10.4. The Morgan fingerprint density at radius 1 is 1.44 bits per heavy atom. The van der Waals surface area contributed by atoms with Crippen molar-refractivity contribution in [2.75, 3.05) is 0 Å². The second-order valence-electron chi connectivity index (χ2n) is 4.22. The average Bonchev–Trinajstić information content (AvgIpc) is 2.78. The first-order valence-electron chi connectivity index (χ1n) is 5.90. The van der Waals surface area contributed by atoms with E-state index in [0.717, 1.165) is 12.0 Å². The quantitative estimate of drug-likeness (QED) is 0.906. The van der Waals surface area contributed by atoms with Crippen LogP contribution in [0.2, 0.25) is 0 Å². The highest BCUT2D eigenvalue weighted by molar-refractivity contribution is 5.57. The number of rotatable bonds is 4. The summed E-state index contributed by atoms with van der Waals surface area (Å²) in [5.41, 5.74) is 1.40. The molecule has 18 heavy (non-hydrogen) atoms. The molecule has 0 radical (unpaired) electrons. The van der Waals surface area contributed by atoms with Gasteiger partial charge in [0.15, 0.2) is 0 Å². The minimum atomic E-state index is -0.715. The van der Waals surface area contributed by atoms with Crippen molar-refractivity contribution in [1.29, 1.82) is 0 Å². The summed E-state index contributed by atoms with van der Waals surface area (Å²) >= 11 is 0. The average molecular weight is 250 g/mol. The van der Waals surface area contributed by atoms with Crippen molar-refractivity contribution in [3.63, 3.8) is 0 Å². The number of hydrogen-bond donors (Lipinski definition) is 1. The van der Waals surface area contributed by atoms with E-state index in [-0.39, 0.29) is 11.6 Å². The van der Waals surface area contributed by atoms with Crippen LogP contribution in [0.5, 0.6) is 0 Å². The van der Waals surface area contributed by atoms with Crippen LogP contribution in [0, 0.1) is 12.7 Å². The molecule has 1 atom stereocenters. The summed E-state index contributed by atoms with van der Waals surface area (Å²) < 4.78 is 18.1. The molecule has 96 valence electrons. The molecule has 0 saturated carbocycles. The van der Waals surface area contributed by atoms with E-state index < -0.39 is 6.10 Å². The highest BCUT2D eigenvalue weighted by atomic mass is 19.1. The van der Waals surface area contributed by atoms with Gasteiger partial charge in [-0.15, -0.1) is 0 Å². The Labute approximate surface area is 104 Å². The number of hydrogen-bond acceptors (Lipinski definition) is 4. The zero-order chi connectivity index (χ0) is 13.1. The van der Waals surface area contributed by atoms with Crippen LogP contribution in [0.3, 0.4) is 0 Å². The van der Waals surface area contributed by atoms with Gasteiger partial charge in [-0.05, 0) is 37.1 Å². The summed E-state index contributed by atoms with van der Waals surface area (Å²) in [6.45, 7) is 3.74. The van der Waals surface area contributed by atoms with Crippen LogP contribution in [-0.2, 0) is 0 Å². The number of nitrogens with zero attached hydrogens (tertiary/aromatic N) is 2. The lowest BCUT2D eigenvalue weighted by atomic mass is 10.1. The van der Waals surface area contributed by atoms with Gasteiger partial charge in [0.05, 0.1) is 0 Å². The van der Waals surface area contributed by atoms with Gasteiger partial charge in [-0.25, -0.2) is 4.39 Å². The molecule has 0 saturated heterocycles. The van der Waals surface area contributed by atoms with Crippen molar-refractivity contribution in [2.24, 2.45) is 0 Å². The molecule has 1 unspecified atom stereocenters. The monoisotopic (exact) mass is 250 g/mol. The van der Waals surface area contributed by atoms with E-state index in [2.05, 4.69) is 10.1 Å². The van der Waals surface area contributed by atoms with Crippen LogP contribution in [-0.4, -0.2) is 15.2 Å².